The van der Waals surface area contributed by atoms with Crippen molar-refractivity contribution in [2.45, 2.75) is 17.7 Å². The van der Waals surface area contributed by atoms with Gasteiger partial charge in [0.25, 0.3) is 0 Å². The maximum atomic E-state index is 4.34. The van der Waals surface area contributed by atoms with E-state index in [4.69, 9.17) is 0 Å². The zero-order valence-corrected chi connectivity index (χ0v) is 12.3. The summed E-state index contributed by atoms with van der Waals surface area (Å²) in [5.41, 5.74) is 1.20. The van der Waals surface area contributed by atoms with Gasteiger partial charge in [-0.2, -0.15) is 0 Å². The predicted octanol–water partition coefficient (Wildman–Crippen LogP) is 4.35. The molecule has 0 unspecified atom stereocenters. The molecule has 0 saturated carbocycles. The Morgan fingerprint density at radius 2 is 2.26 bits per heavy atom. The lowest BCUT2D eigenvalue weighted by Crippen LogP contribution is -1.94. The Morgan fingerprint density at radius 3 is 3.11 bits per heavy atom. The molecule has 5 heteroatoms. The Morgan fingerprint density at radius 1 is 1.37 bits per heavy atom. The van der Waals surface area contributed by atoms with Crippen molar-refractivity contribution in [1.29, 1.82) is 0 Å². The van der Waals surface area contributed by atoms with E-state index in [2.05, 4.69) is 52.5 Å². The maximum absolute atomic E-state index is 4.34. The van der Waals surface area contributed by atoms with Gasteiger partial charge in [0.15, 0.2) is 5.13 Å². The molecule has 98 valence electrons. The van der Waals surface area contributed by atoms with E-state index in [0.717, 1.165) is 17.4 Å². The highest BCUT2D eigenvalue weighted by Crippen LogP contribution is 2.29. The lowest BCUT2D eigenvalue weighted by atomic mass is 10.3. The number of fused-ring (bicyclic) bond motifs is 1. The summed E-state index contributed by atoms with van der Waals surface area (Å²) in [6.45, 7) is 3.00. The summed E-state index contributed by atoms with van der Waals surface area (Å²) in [6.07, 6.45) is 1.96. The Balaban J connectivity index is 1.67. The van der Waals surface area contributed by atoms with Gasteiger partial charge < -0.3 is 10.3 Å². The summed E-state index contributed by atoms with van der Waals surface area (Å²) in [5, 5.41) is 6.72. The van der Waals surface area contributed by atoms with Gasteiger partial charge in [-0.1, -0.05) is 18.2 Å². The minimum Gasteiger partial charge on any atom is -0.362 e. The Hall–Kier alpha value is -1.46. The number of nitrogens with one attached hydrogen (secondary N) is 2. The van der Waals surface area contributed by atoms with Crippen LogP contribution in [-0.4, -0.2) is 16.5 Å². The van der Waals surface area contributed by atoms with Crippen LogP contribution in [0.15, 0.2) is 41.6 Å². The number of hydrogen-bond acceptors (Lipinski definition) is 4. The number of thiazole rings is 1. The summed E-state index contributed by atoms with van der Waals surface area (Å²) >= 11 is 3.54. The SMILES string of the molecule is CCNc1ncc(CSc2cc3ccccc3[nH]2)s1. The minimum absolute atomic E-state index is 0.919. The largest absolute Gasteiger partial charge is 0.362 e. The van der Waals surface area contributed by atoms with E-state index in [9.17, 15) is 0 Å². The molecule has 3 nitrogen and oxygen atoms in total. The molecule has 0 aliphatic heterocycles. The van der Waals surface area contributed by atoms with E-state index in [0.29, 0.717) is 0 Å². The number of aromatic nitrogens is 2. The summed E-state index contributed by atoms with van der Waals surface area (Å²) < 4.78 is 0. The number of aromatic amines is 1. The average molecular weight is 289 g/mol. The van der Waals surface area contributed by atoms with E-state index in [1.54, 1.807) is 11.3 Å². The van der Waals surface area contributed by atoms with Gasteiger partial charge in [0, 0.05) is 34.3 Å². The molecule has 2 aromatic heterocycles. The van der Waals surface area contributed by atoms with Crippen LogP contribution < -0.4 is 5.32 Å². The number of para-hydroxylation sites is 1. The van der Waals surface area contributed by atoms with Crippen LogP contribution in [-0.2, 0) is 5.75 Å². The van der Waals surface area contributed by atoms with Crippen molar-refractivity contribution in [3.05, 3.63) is 41.4 Å². The smallest absolute Gasteiger partial charge is 0.182 e. The average Bonchev–Trinajstić information content (AvgIpc) is 3.02. The van der Waals surface area contributed by atoms with Gasteiger partial charge in [0.05, 0.1) is 5.03 Å². The quantitative estimate of drug-likeness (QED) is 0.686. The first-order valence-corrected chi connectivity index (χ1v) is 8.04. The lowest BCUT2D eigenvalue weighted by Gasteiger charge is -1.95. The minimum atomic E-state index is 0.919. The zero-order valence-electron chi connectivity index (χ0n) is 10.6. The standard InChI is InChI=1S/C14H15N3S2/c1-2-15-14-16-8-11(19-14)9-18-13-7-10-5-3-4-6-12(10)17-13/h3-8,17H,2,9H2,1H3,(H,15,16). The fourth-order valence-corrected chi connectivity index (χ4v) is 3.73. The third-order valence-corrected chi connectivity index (χ3v) is 4.88. The normalized spacial score (nSPS) is 11.0. The molecule has 3 rings (SSSR count). The van der Waals surface area contributed by atoms with Crippen LogP contribution in [0, 0.1) is 0 Å². The van der Waals surface area contributed by atoms with Gasteiger partial charge in [-0.05, 0) is 19.1 Å². The van der Waals surface area contributed by atoms with Gasteiger partial charge in [-0.3, -0.25) is 0 Å². The number of H-pyrrole nitrogens is 1. The second-order valence-corrected chi connectivity index (χ2v) is 6.30. The predicted molar refractivity (Wildman–Crippen MR) is 84.1 cm³/mol. The molecule has 0 aliphatic carbocycles. The van der Waals surface area contributed by atoms with Crippen molar-refractivity contribution in [3.63, 3.8) is 0 Å². The first kappa shape index (κ1) is 12.6. The first-order valence-electron chi connectivity index (χ1n) is 6.24. The molecular formula is C14H15N3S2. The Bertz CT molecular complexity index is 639. The molecule has 0 atom stereocenters. The molecule has 0 fully saturated rings. The highest BCUT2D eigenvalue weighted by Gasteiger charge is 2.04. The van der Waals surface area contributed by atoms with E-state index in [1.165, 1.54) is 20.8 Å². The van der Waals surface area contributed by atoms with Gasteiger partial charge >= 0.3 is 0 Å². The van der Waals surface area contributed by atoms with Crippen molar-refractivity contribution in [1.82, 2.24) is 9.97 Å². The van der Waals surface area contributed by atoms with E-state index in [-0.39, 0.29) is 0 Å². The molecule has 0 aliphatic rings. The molecule has 2 N–H and O–H groups in total. The van der Waals surface area contributed by atoms with Crippen LogP contribution in [0.2, 0.25) is 0 Å². The molecule has 19 heavy (non-hydrogen) atoms. The van der Waals surface area contributed by atoms with Crippen molar-refractivity contribution >= 4 is 39.1 Å². The highest BCUT2D eigenvalue weighted by atomic mass is 32.2. The molecular weight excluding hydrogens is 274 g/mol. The second-order valence-electron chi connectivity index (χ2n) is 4.17. The van der Waals surface area contributed by atoms with Crippen molar-refractivity contribution in [2.75, 3.05) is 11.9 Å². The Labute approximate surface area is 120 Å². The first-order chi connectivity index (χ1) is 9.35. The van der Waals surface area contributed by atoms with Crippen molar-refractivity contribution < 1.29 is 0 Å². The monoisotopic (exact) mass is 289 g/mol. The number of thioether (sulfide) groups is 1. The van der Waals surface area contributed by atoms with Crippen molar-refractivity contribution in [2.24, 2.45) is 0 Å². The van der Waals surface area contributed by atoms with Crippen molar-refractivity contribution in [3.8, 4) is 0 Å². The molecule has 0 radical (unpaired) electrons. The topological polar surface area (TPSA) is 40.7 Å². The number of rotatable bonds is 5. The fraction of sp³-hybridized carbons (Fsp3) is 0.214. The lowest BCUT2D eigenvalue weighted by molar-refractivity contribution is 1.19. The van der Waals surface area contributed by atoms with Crippen LogP contribution in [0.25, 0.3) is 10.9 Å². The maximum Gasteiger partial charge on any atom is 0.182 e. The van der Waals surface area contributed by atoms with Crippen LogP contribution in [0.1, 0.15) is 11.8 Å². The number of anilines is 1. The highest BCUT2D eigenvalue weighted by molar-refractivity contribution is 7.98. The Kier molecular flexibility index (Phi) is 3.75. The summed E-state index contributed by atoms with van der Waals surface area (Å²) in [4.78, 5) is 9.07. The van der Waals surface area contributed by atoms with Gasteiger partial charge in [-0.25, -0.2) is 4.98 Å². The van der Waals surface area contributed by atoms with Gasteiger partial charge in [0.1, 0.15) is 0 Å². The summed E-state index contributed by atoms with van der Waals surface area (Å²) in [6, 6.07) is 10.6. The number of nitrogens with zero attached hydrogens (tertiary/aromatic N) is 1. The second kappa shape index (κ2) is 5.67. The summed E-state index contributed by atoms with van der Waals surface area (Å²) in [5.74, 6) is 0.954. The molecule has 1 aromatic carbocycles. The van der Waals surface area contributed by atoms with Crippen LogP contribution in [0.4, 0.5) is 5.13 Å². The third-order valence-electron chi connectivity index (χ3n) is 2.76. The van der Waals surface area contributed by atoms with E-state index < -0.39 is 0 Å². The number of benzene rings is 1. The molecule has 0 bridgehead atoms. The van der Waals surface area contributed by atoms with E-state index >= 15 is 0 Å². The van der Waals surface area contributed by atoms with Crippen LogP contribution in [0.5, 0.6) is 0 Å². The third kappa shape index (κ3) is 2.93. The molecule has 0 spiro atoms. The zero-order chi connectivity index (χ0) is 13.1. The van der Waals surface area contributed by atoms with Gasteiger partial charge in [-0.15, -0.1) is 23.1 Å². The number of hydrogen-bond donors (Lipinski definition) is 2. The summed E-state index contributed by atoms with van der Waals surface area (Å²) in [7, 11) is 0. The molecule has 0 amide bonds. The van der Waals surface area contributed by atoms with Crippen LogP contribution >= 0.6 is 23.1 Å². The van der Waals surface area contributed by atoms with Gasteiger partial charge in [0.2, 0.25) is 0 Å². The molecule has 2 heterocycles. The fourth-order valence-electron chi connectivity index (χ4n) is 1.88. The molecule has 0 saturated heterocycles. The van der Waals surface area contributed by atoms with E-state index in [1.807, 2.05) is 18.0 Å². The van der Waals surface area contributed by atoms with Crippen LogP contribution in [0.3, 0.4) is 0 Å². The molecule has 3 aromatic rings.